The number of methoxy groups -OCH3 is 1. The number of aliphatic hydroxyl groups excluding tert-OH is 1. The second kappa shape index (κ2) is 4.50. The molecule has 6 nitrogen and oxygen atoms in total. The van der Waals surface area contributed by atoms with Crippen LogP contribution in [0.1, 0.15) is 35.7 Å². The van der Waals surface area contributed by atoms with Crippen LogP contribution in [-0.2, 0) is 10.0 Å². The van der Waals surface area contributed by atoms with E-state index in [4.69, 9.17) is 9.84 Å². The molecule has 1 aliphatic heterocycles. The van der Waals surface area contributed by atoms with Gasteiger partial charge in [0.15, 0.2) is 0 Å². The zero-order valence-electron chi connectivity index (χ0n) is 10.9. The zero-order valence-corrected chi connectivity index (χ0v) is 11.7. The summed E-state index contributed by atoms with van der Waals surface area (Å²) in [5, 5.41) is 9.09. The average Bonchev–Trinajstić information content (AvgIpc) is 2.55. The fourth-order valence-corrected chi connectivity index (χ4v) is 3.54. The molecular weight excluding hydrogens is 270 g/mol. The van der Waals surface area contributed by atoms with Crippen molar-refractivity contribution >= 4 is 15.9 Å². The van der Waals surface area contributed by atoms with E-state index in [1.165, 1.54) is 13.2 Å². The van der Waals surface area contributed by atoms with Crippen LogP contribution >= 0.6 is 0 Å². The Bertz CT molecular complexity index is 636. The first kappa shape index (κ1) is 13.8. The SMILES string of the molecule is COc1cc(C(C)C)c2c(c1)S(=O)(=O)N(CO)C2=O. The summed E-state index contributed by atoms with van der Waals surface area (Å²) in [6.07, 6.45) is 0. The number of fused-ring (bicyclic) bond motifs is 1. The first-order valence-corrected chi connectivity index (χ1v) is 7.18. The third kappa shape index (κ3) is 1.89. The Morgan fingerprint density at radius 3 is 2.47 bits per heavy atom. The average molecular weight is 285 g/mol. The minimum absolute atomic E-state index is 0.0401. The fraction of sp³-hybridized carbons (Fsp3) is 0.417. The Morgan fingerprint density at radius 1 is 1.37 bits per heavy atom. The van der Waals surface area contributed by atoms with E-state index in [1.807, 2.05) is 13.8 Å². The van der Waals surface area contributed by atoms with Gasteiger partial charge in [0.05, 0.1) is 12.7 Å². The van der Waals surface area contributed by atoms with Gasteiger partial charge in [-0.3, -0.25) is 4.79 Å². The molecular formula is C12H15NO5S. The van der Waals surface area contributed by atoms with Gasteiger partial charge in [-0.15, -0.1) is 0 Å². The maximum atomic E-state index is 12.2. The van der Waals surface area contributed by atoms with E-state index in [2.05, 4.69) is 0 Å². The van der Waals surface area contributed by atoms with Crippen molar-refractivity contribution in [3.8, 4) is 5.75 Å². The summed E-state index contributed by atoms with van der Waals surface area (Å²) in [5.74, 6) is -0.357. The van der Waals surface area contributed by atoms with Crippen molar-refractivity contribution in [3.63, 3.8) is 0 Å². The van der Waals surface area contributed by atoms with Gasteiger partial charge in [0.2, 0.25) is 0 Å². The number of hydrogen-bond acceptors (Lipinski definition) is 5. The van der Waals surface area contributed by atoms with Gasteiger partial charge < -0.3 is 9.84 Å². The largest absolute Gasteiger partial charge is 0.497 e. The highest BCUT2D eigenvalue weighted by atomic mass is 32.2. The number of carbonyl (C=O) groups is 1. The number of ether oxygens (including phenoxy) is 1. The highest BCUT2D eigenvalue weighted by Crippen LogP contribution is 2.38. The van der Waals surface area contributed by atoms with E-state index in [9.17, 15) is 13.2 Å². The number of sulfonamides is 1. The lowest BCUT2D eigenvalue weighted by molar-refractivity contribution is 0.0766. The summed E-state index contributed by atoms with van der Waals surface area (Å²) in [5.41, 5.74) is 0.726. The van der Waals surface area contributed by atoms with Gasteiger partial charge in [0.1, 0.15) is 17.4 Å². The minimum Gasteiger partial charge on any atom is -0.497 e. The van der Waals surface area contributed by atoms with Crippen LogP contribution in [-0.4, -0.2) is 37.6 Å². The summed E-state index contributed by atoms with van der Waals surface area (Å²) in [4.78, 5) is 12.0. The summed E-state index contributed by atoms with van der Waals surface area (Å²) in [7, 11) is -2.55. The second-order valence-corrected chi connectivity index (χ2v) is 6.38. The van der Waals surface area contributed by atoms with E-state index in [0.29, 0.717) is 15.6 Å². The first-order chi connectivity index (χ1) is 8.84. The maximum absolute atomic E-state index is 12.2. The molecule has 0 spiro atoms. The van der Waals surface area contributed by atoms with Gasteiger partial charge in [-0.1, -0.05) is 13.8 Å². The first-order valence-electron chi connectivity index (χ1n) is 5.74. The van der Waals surface area contributed by atoms with Gasteiger partial charge in [-0.05, 0) is 17.5 Å². The lowest BCUT2D eigenvalue weighted by Crippen LogP contribution is -2.30. The van der Waals surface area contributed by atoms with Gasteiger partial charge in [-0.2, -0.15) is 0 Å². The standard InChI is InChI=1S/C12H15NO5S/c1-7(2)9-4-8(18-3)5-10-11(9)12(15)13(6-14)19(10,16)17/h4-5,7,14H,6H2,1-3H3. The molecule has 0 saturated carbocycles. The van der Waals surface area contributed by atoms with Crippen LogP contribution in [0.3, 0.4) is 0 Å². The van der Waals surface area contributed by atoms with Crippen molar-refractivity contribution < 1.29 is 23.1 Å². The van der Waals surface area contributed by atoms with Crippen molar-refractivity contribution in [2.24, 2.45) is 0 Å². The molecule has 1 amide bonds. The van der Waals surface area contributed by atoms with Crippen LogP contribution in [0.5, 0.6) is 5.75 Å². The number of rotatable bonds is 3. The Kier molecular flexibility index (Phi) is 3.27. The van der Waals surface area contributed by atoms with E-state index < -0.39 is 22.7 Å². The molecule has 104 valence electrons. The van der Waals surface area contributed by atoms with Gasteiger partial charge in [0.25, 0.3) is 15.9 Å². The molecule has 1 heterocycles. The maximum Gasteiger partial charge on any atom is 0.271 e. The summed E-state index contributed by atoms with van der Waals surface area (Å²) >= 11 is 0. The molecule has 0 aliphatic carbocycles. The van der Waals surface area contributed by atoms with E-state index in [0.717, 1.165) is 0 Å². The molecule has 0 radical (unpaired) electrons. The molecule has 0 atom stereocenters. The molecule has 7 heteroatoms. The molecule has 19 heavy (non-hydrogen) atoms. The zero-order chi connectivity index (χ0) is 14.4. The Morgan fingerprint density at radius 2 is 2.00 bits per heavy atom. The number of nitrogens with zero attached hydrogens (tertiary/aromatic N) is 1. The fourth-order valence-electron chi connectivity index (χ4n) is 2.11. The van der Waals surface area contributed by atoms with Crippen molar-refractivity contribution in [2.45, 2.75) is 24.7 Å². The number of amides is 1. The number of aliphatic hydroxyl groups is 1. The molecule has 2 rings (SSSR count). The van der Waals surface area contributed by atoms with Gasteiger partial charge >= 0.3 is 0 Å². The molecule has 0 unspecified atom stereocenters. The van der Waals surface area contributed by atoms with Gasteiger partial charge in [-0.25, -0.2) is 12.7 Å². The summed E-state index contributed by atoms with van der Waals surface area (Å²) < 4.78 is 29.8. The monoisotopic (exact) mass is 285 g/mol. The van der Waals surface area contributed by atoms with E-state index in [-0.39, 0.29) is 16.4 Å². The van der Waals surface area contributed by atoms with E-state index >= 15 is 0 Å². The highest BCUT2D eigenvalue weighted by molar-refractivity contribution is 7.90. The molecule has 0 fully saturated rings. The molecule has 1 aliphatic rings. The normalized spacial score (nSPS) is 16.9. The van der Waals surface area contributed by atoms with Crippen LogP contribution in [0, 0.1) is 0 Å². The third-order valence-corrected chi connectivity index (χ3v) is 4.84. The highest BCUT2D eigenvalue weighted by Gasteiger charge is 2.43. The molecule has 0 aromatic heterocycles. The van der Waals surface area contributed by atoms with Crippen molar-refractivity contribution in [3.05, 3.63) is 23.3 Å². The summed E-state index contributed by atoms with van der Waals surface area (Å²) in [6, 6.07) is 2.96. The van der Waals surface area contributed by atoms with Crippen molar-refractivity contribution in [1.82, 2.24) is 4.31 Å². The van der Waals surface area contributed by atoms with Gasteiger partial charge in [0, 0.05) is 6.07 Å². The predicted octanol–water partition coefficient (Wildman–Crippen LogP) is 0.913. The second-order valence-electron chi connectivity index (χ2n) is 4.54. The molecule has 1 N–H and O–H groups in total. The number of carbonyl (C=O) groups excluding carboxylic acids is 1. The molecule has 0 bridgehead atoms. The third-order valence-electron chi connectivity index (χ3n) is 3.10. The Hall–Kier alpha value is -1.60. The Balaban J connectivity index is 2.81. The topological polar surface area (TPSA) is 83.9 Å². The van der Waals surface area contributed by atoms with Crippen molar-refractivity contribution in [2.75, 3.05) is 13.8 Å². The van der Waals surface area contributed by atoms with Crippen LogP contribution in [0.25, 0.3) is 0 Å². The summed E-state index contributed by atoms with van der Waals surface area (Å²) in [6.45, 7) is 2.85. The number of benzene rings is 1. The quantitative estimate of drug-likeness (QED) is 0.892. The van der Waals surface area contributed by atoms with Crippen LogP contribution in [0.2, 0.25) is 0 Å². The van der Waals surface area contributed by atoms with Crippen molar-refractivity contribution in [1.29, 1.82) is 0 Å². The lowest BCUT2D eigenvalue weighted by atomic mass is 9.96. The molecule has 1 aromatic rings. The van der Waals surface area contributed by atoms with Crippen LogP contribution in [0.4, 0.5) is 0 Å². The molecule has 1 aromatic carbocycles. The van der Waals surface area contributed by atoms with E-state index in [1.54, 1.807) is 6.07 Å². The van der Waals surface area contributed by atoms with Crippen LogP contribution < -0.4 is 4.74 Å². The predicted molar refractivity (Wildman–Crippen MR) is 67.5 cm³/mol. The van der Waals surface area contributed by atoms with Crippen LogP contribution in [0.15, 0.2) is 17.0 Å². The molecule has 0 saturated heterocycles. The Labute approximate surface area is 111 Å². The minimum atomic E-state index is -3.98. The smallest absolute Gasteiger partial charge is 0.271 e. The lowest BCUT2D eigenvalue weighted by Gasteiger charge is -2.11. The number of hydrogen-bond donors (Lipinski definition) is 1.